The van der Waals surface area contributed by atoms with Crippen LogP contribution in [0.2, 0.25) is 0 Å². The number of nitrogens with zero attached hydrogens (tertiary/aromatic N) is 3. The zero-order valence-electron chi connectivity index (χ0n) is 13.0. The standard InChI is InChI=1S/C19H16N4S/c1-2-6-14(7-3-1)10-11-20-19-21-12-15(13-22-19)18-23-16-8-4-5-9-17(16)24-18/h1-9,12-13H,10-11H2,(H,20,21,22). The fraction of sp³-hybridized carbons (Fsp3) is 0.105. The Morgan fingerprint density at radius 1 is 0.875 bits per heavy atom. The van der Waals surface area contributed by atoms with Gasteiger partial charge in [-0.05, 0) is 24.1 Å². The molecule has 4 nitrogen and oxygen atoms in total. The maximum Gasteiger partial charge on any atom is 0.222 e. The maximum atomic E-state index is 4.63. The molecule has 0 saturated heterocycles. The van der Waals surface area contributed by atoms with E-state index in [0.717, 1.165) is 29.1 Å². The van der Waals surface area contributed by atoms with Gasteiger partial charge in [0.15, 0.2) is 0 Å². The summed E-state index contributed by atoms with van der Waals surface area (Å²) in [6.07, 6.45) is 4.61. The fourth-order valence-corrected chi connectivity index (χ4v) is 3.43. The van der Waals surface area contributed by atoms with Crippen LogP contribution in [0.5, 0.6) is 0 Å². The first kappa shape index (κ1) is 14.8. The van der Waals surface area contributed by atoms with Crippen molar-refractivity contribution in [1.29, 1.82) is 0 Å². The monoisotopic (exact) mass is 332 g/mol. The smallest absolute Gasteiger partial charge is 0.222 e. The summed E-state index contributed by atoms with van der Waals surface area (Å²) < 4.78 is 1.18. The highest BCUT2D eigenvalue weighted by Crippen LogP contribution is 2.29. The minimum absolute atomic E-state index is 0.649. The number of hydrogen-bond donors (Lipinski definition) is 1. The summed E-state index contributed by atoms with van der Waals surface area (Å²) in [7, 11) is 0. The van der Waals surface area contributed by atoms with Crippen molar-refractivity contribution in [3.63, 3.8) is 0 Å². The number of anilines is 1. The zero-order valence-corrected chi connectivity index (χ0v) is 13.8. The van der Waals surface area contributed by atoms with Gasteiger partial charge in [0, 0.05) is 24.5 Å². The lowest BCUT2D eigenvalue weighted by molar-refractivity contribution is 0.984. The van der Waals surface area contributed by atoms with Crippen LogP contribution in [0.25, 0.3) is 20.8 Å². The molecule has 0 saturated carbocycles. The summed E-state index contributed by atoms with van der Waals surface area (Å²) in [6, 6.07) is 18.5. The van der Waals surface area contributed by atoms with Crippen LogP contribution in [0, 0.1) is 0 Å². The van der Waals surface area contributed by atoms with Crippen molar-refractivity contribution in [3.8, 4) is 10.6 Å². The molecular formula is C19H16N4S. The van der Waals surface area contributed by atoms with Crippen LogP contribution in [0.3, 0.4) is 0 Å². The van der Waals surface area contributed by atoms with Gasteiger partial charge in [0.25, 0.3) is 0 Å². The Kier molecular flexibility index (Phi) is 4.16. The Morgan fingerprint density at radius 2 is 1.62 bits per heavy atom. The summed E-state index contributed by atoms with van der Waals surface area (Å²) in [5.74, 6) is 0.649. The summed E-state index contributed by atoms with van der Waals surface area (Å²) in [5, 5.41) is 4.21. The molecule has 4 aromatic rings. The van der Waals surface area contributed by atoms with Gasteiger partial charge < -0.3 is 5.32 Å². The molecule has 2 aromatic carbocycles. The highest BCUT2D eigenvalue weighted by atomic mass is 32.1. The second-order valence-electron chi connectivity index (χ2n) is 5.44. The Balaban J connectivity index is 1.42. The first-order chi connectivity index (χ1) is 11.9. The molecule has 0 amide bonds. The van der Waals surface area contributed by atoms with Crippen molar-refractivity contribution in [3.05, 3.63) is 72.6 Å². The van der Waals surface area contributed by atoms with Gasteiger partial charge >= 0.3 is 0 Å². The van der Waals surface area contributed by atoms with E-state index in [1.807, 2.05) is 36.7 Å². The maximum absolute atomic E-state index is 4.63. The summed E-state index contributed by atoms with van der Waals surface area (Å²) >= 11 is 1.66. The third-order valence-corrected chi connectivity index (χ3v) is 4.82. The SMILES string of the molecule is c1ccc(CCNc2ncc(-c3nc4ccccc4s3)cn2)cc1. The Bertz CT molecular complexity index is 899. The van der Waals surface area contributed by atoms with Crippen LogP contribution in [0.4, 0.5) is 5.95 Å². The van der Waals surface area contributed by atoms with E-state index in [-0.39, 0.29) is 0 Å². The van der Waals surface area contributed by atoms with Gasteiger partial charge in [-0.15, -0.1) is 11.3 Å². The molecule has 1 N–H and O–H groups in total. The molecule has 0 bridgehead atoms. The van der Waals surface area contributed by atoms with Crippen LogP contribution in [0.1, 0.15) is 5.56 Å². The first-order valence-electron chi connectivity index (χ1n) is 7.84. The second-order valence-corrected chi connectivity index (χ2v) is 6.48. The molecule has 2 aromatic heterocycles. The highest BCUT2D eigenvalue weighted by molar-refractivity contribution is 7.21. The molecule has 0 spiro atoms. The van der Waals surface area contributed by atoms with Gasteiger partial charge in [-0.2, -0.15) is 0 Å². The van der Waals surface area contributed by atoms with E-state index in [4.69, 9.17) is 0 Å². The third kappa shape index (κ3) is 3.26. The topological polar surface area (TPSA) is 50.7 Å². The number of para-hydroxylation sites is 1. The van der Waals surface area contributed by atoms with Crippen molar-refractivity contribution in [2.45, 2.75) is 6.42 Å². The number of aromatic nitrogens is 3. The van der Waals surface area contributed by atoms with Crippen molar-refractivity contribution in [1.82, 2.24) is 15.0 Å². The van der Waals surface area contributed by atoms with Crippen LogP contribution in [-0.4, -0.2) is 21.5 Å². The largest absolute Gasteiger partial charge is 0.354 e. The van der Waals surface area contributed by atoms with E-state index >= 15 is 0 Å². The second kappa shape index (κ2) is 6.76. The molecule has 0 unspecified atom stereocenters. The van der Waals surface area contributed by atoms with Gasteiger partial charge in [-0.1, -0.05) is 42.5 Å². The van der Waals surface area contributed by atoms with Crippen molar-refractivity contribution in [2.24, 2.45) is 0 Å². The van der Waals surface area contributed by atoms with Gasteiger partial charge in [0.1, 0.15) is 5.01 Å². The number of hydrogen-bond acceptors (Lipinski definition) is 5. The van der Waals surface area contributed by atoms with Gasteiger partial charge in [0.05, 0.1) is 10.2 Å². The van der Waals surface area contributed by atoms with Crippen molar-refractivity contribution in [2.75, 3.05) is 11.9 Å². The average molecular weight is 332 g/mol. The molecule has 4 rings (SSSR count). The number of thiazole rings is 1. The normalized spacial score (nSPS) is 10.8. The fourth-order valence-electron chi connectivity index (χ4n) is 2.49. The van der Waals surface area contributed by atoms with Crippen LogP contribution in [0.15, 0.2) is 67.0 Å². The van der Waals surface area contributed by atoms with E-state index in [0.29, 0.717) is 5.95 Å². The van der Waals surface area contributed by atoms with Crippen molar-refractivity contribution >= 4 is 27.5 Å². The van der Waals surface area contributed by atoms with Crippen molar-refractivity contribution < 1.29 is 0 Å². The molecule has 24 heavy (non-hydrogen) atoms. The molecular weight excluding hydrogens is 316 g/mol. The van der Waals surface area contributed by atoms with E-state index in [1.54, 1.807) is 11.3 Å². The summed E-state index contributed by atoms with van der Waals surface area (Å²) in [6.45, 7) is 0.810. The minimum Gasteiger partial charge on any atom is -0.354 e. The van der Waals surface area contributed by atoms with E-state index < -0.39 is 0 Å². The lowest BCUT2D eigenvalue weighted by Crippen LogP contribution is -2.07. The third-order valence-electron chi connectivity index (χ3n) is 3.73. The van der Waals surface area contributed by atoms with Gasteiger partial charge in [0.2, 0.25) is 5.95 Å². The van der Waals surface area contributed by atoms with Crippen LogP contribution < -0.4 is 5.32 Å². The van der Waals surface area contributed by atoms with Crippen LogP contribution >= 0.6 is 11.3 Å². The summed E-state index contributed by atoms with van der Waals surface area (Å²) in [5.41, 5.74) is 3.27. The lowest BCUT2D eigenvalue weighted by atomic mass is 10.1. The molecule has 118 valence electrons. The van der Waals surface area contributed by atoms with E-state index in [2.05, 4.69) is 50.6 Å². The van der Waals surface area contributed by atoms with Crippen LogP contribution in [-0.2, 0) is 6.42 Å². The van der Waals surface area contributed by atoms with E-state index in [9.17, 15) is 0 Å². The molecule has 0 aliphatic carbocycles. The number of fused-ring (bicyclic) bond motifs is 1. The molecule has 2 heterocycles. The minimum atomic E-state index is 0.649. The number of benzene rings is 2. The average Bonchev–Trinajstić information content (AvgIpc) is 3.07. The van der Waals surface area contributed by atoms with Gasteiger partial charge in [-0.3, -0.25) is 0 Å². The van der Waals surface area contributed by atoms with Gasteiger partial charge in [-0.25, -0.2) is 15.0 Å². The molecule has 0 radical (unpaired) electrons. The lowest BCUT2D eigenvalue weighted by Gasteiger charge is -2.05. The first-order valence-corrected chi connectivity index (χ1v) is 8.66. The molecule has 5 heteroatoms. The number of rotatable bonds is 5. The summed E-state index contributed by atoms with van der Waals surface area (Å²) in [4.78, 5) is 13.4. The Morgan fingerprint density at radius 3 is 2.42 bits per heavy atom. The predicted molar refractivity (Wildman–Crippen MR) is 99.3 cm³/mol. The van der Waals surface area contributed by atoms with E-state index in [1.165, 1.54) is 10.3 Å². The predicted octanol–water partition coefficient (Wildman–Crippen LogP) is 4.41. The molecule has 0 aliphatic heterocycles. The number of nitrogens with one attached hydrogen (secondary N) is 1. The molecule has 0 fully saturated rings. The molecule has 0 atom stereocenters. The highest BCUT2D eigenvalue weighted by Gasteiger charge is 2.07. The molecule has 0 aliphatic rings. The quantitative estimate of drug-likeness (QED) is 0.588. The Hall–Kier alpha value is -2.79. The zero-order chi connectivity index (χ0) is 16.2. The Labute approximate surface area is 144 Å².